The van der Waals surface area contributed by atoms with Crippen LogP contribution in [0.15, 0.2) is 0 Å². The number of ether oxygens (including phenoxy) is 1. The molecule has 2 atom stereocenters. The highest BCUT2D eigenvalue weighted by Crippen LogP contribution is 2.21. The summed E-state index contributed by atoms with van der Waals surface area (Å²) >= 11 is 0. The molecule has 2 saturated heterocycles. The molecule has 2 heterocycles. The summed E-state index contributed by atoms with van der Waals surface area (Å²) in [6.45, 7) is 4.33. The molecule has 2 nitrogen and oxygen atoms in total. The van der Waals surface area contributed by atoms with Gasteiger partial charge >= 0.3 is 0 Å². The Labute approximate surface area is 55.6 Å². The van der Waals surface area contributed by atoms with Gasteiger partial charge in [-0.25, -0.2) is 0 Å². The highest BCUT2D eigenvalue weighted by Gasteiger charge is 2.25. The van der Waals surface area contributed by atoms with Crippen molar-refractivity contribution in [3.8, 4) is 0 Å². The summed E-state index contributed by atoms with van der Waals surface area (Å²) in [5.74, 6) is 1.63. The molecule has 0 aromatic heterocycles. The highest BCUT2D eigenvalue weighted by atomic mass is 16.5. The van der Waals surface area contributed by atoms with Crippen molar-refractivity contribution in [3.63, 3.8) is 0 Å². The molecule has 0 saturated carbocycles. The van der Waals surface area contributed by atoms with E-state index in [0.717, 1.165) is 25.0 Å². The molecule has 2 aliphatic heterocycles. The molecule has 2 heteroatoms. The molecule has 2 fully saturated rings. The van der Waals surface area contributed by atoms with E-state index in [4.69, 9.17) is 4.74 Å². The Kier molecular flexibility index (Phi) is 1.44. The van der Waals surface area contributed by atoms with Crippen LogP contribution in [-0.2, 0) is 4.74 Å². The lowest BCUT2D eigenvalue weighted by atomic mass is 9.90. The standard InChI is InChI=1S/C7H13NO/c1-6-2-8-3-7(1)5-9-4-6/h6-8H,1-5H2/t6-,7-/m0/s1. The van der Waals surface area contributed by atoms with Gasteiger partial charge in [0.2, 0.25) is 0 Å². The maximum absolute atomic E-state index is 5.40. The molecule has 2 bridgehead atoms. The van der Waals surface area contributed by atoms with E-state index in [1.165, 1.54) is 19.5 Å². The largest absolute Gasteiger partial charge is 0.381 e. The van der Waals surface area contributed by atoms with Gasteiger partial charge in [-0.3, -0.25) is 0 Å². The molecule has 2 rings (SSSR count). The third kappa shape index (κ3) is 1.10. The quantitative estimate of drug-likeness (QED) is 0.503. The predicted molar refractivity (Wildman–Crippen MR) is 35.3 cm³/mol. The molecule has 1 N–H and O–H groups in total. The first-order valence-electron chi connectivity index (χ1n) is 3.73. The minimum absolute atomic E-state index is 0.817. The van der Waals surface area contributed by atoms with Gasteiger partial charge in [-0.05, 0) is 18.3 Å². The number of nitrogens with one attached hydrogen (secondary N) is 1. The lowest BCUT2D eigenvalue weighted by molar-refractivity contribution is -0.00121. The summed E-state index contributed by atoms with van der Waals surface area (Å²) in [5, 5.41) is 3.41. The summed E-state index contributed by atoms with van der Waals surface area (Å²) in [7, 11) is 0. The van der Waals surface area contributed by atoms with Crippen molar-refractivity contribution in [3.05, 3.63) is 0 Å². The molecule has 2 aliphatic rings. The van der Waals surface area contributed by atoms with Gasteiger partial charge in [0.1, 0.15) is 0 Å². The fourth-order valence-electron chi connectivity index (χ4n) is 1.78. The Hall–Kier alpha value is -0.0800. The van der Waals surface area contributed by atoms with Gasteiger partial charge < -0.3 is 10.1 Å². The van der Waals surface area contributed by atoms with Gasteiger partial charge in [-0.2, -0.15) is 0 Å². The molecular weight excluding hydrogens is 114 g/mol. The summed E-state index contributed by atoms with van der Waals surface area (Å²) in [5.41, 5.74) is 0. The van der Waals surface area contributed by atoms with Gasteiger partial charge in [-0.15, -0.1) is 0 Å². The summed E-state index contributed by atoms with van der Waals surface area (Å²) in [6, 6.07) is 0. The van der Waals surface area contributed by atoms with Crippen LogP contribution in [0.2, 0.25) is 0 Å². The van der Waals surface area contributed by atoms with Gasteiger partial charge in [0.05, 0.1) is 13.2 Å². The molecule has 0 aliphatic carbocycles. The van der Waals surface area contributed by atoms with Crippen molar-refractivity contribution >= 4 is 0 Å². The molecular formula is C7H13NO. The molecule has 0 aromatic rings. The summed E-state index contributed by atoms with van der Waals surface area (Å²) in [6.07, 6.45) is 1.40. The SMILES string of the molecule is C1NC[C@H]2COC[C@H]1C2. The zero-order valence-electron chi connectivity index (χ0n) is 5.60. The van der Waals surface area contributed by atoms with Crippen LogP contribution in [0.1, 0.15) is 6.42 Å². The zero-order valence-corrected chi connectivity index (χ0v) is 5.60. The van der Waals surface area contributed by atoms with Crippen LogP contribution in [0.4, 0.5) is 0 Å². The Balaban J connectivity index is 1.96. The number of hydrogen-bond acceptors (Lipinski definition) is 2. The molecule has 0 radical (unpaired) electrons. The van der Waals surface area contributed by atoms with E-state index >= 15 is 0 Å². The minimum atomic E-state index is 0.817. The Bertz CT molecular complexity index is 85.1. The van der Waals surface area contributed by atoms with Crippen LogP contribution in [0.3, 0.4) is 0 Å². The lowest BCUT2D eigenvalue weighted by Gasteiger charge is -2.34. The van der Waals surface area contributed by atoms with Gasteiger partial charge in [0, 0.05) is 13.1 Å². The van der Waals surface area contributed by atoms with E-state index in [1.54, 1.807) is 0 Å². The minimum Gasteiger partial charge on any atom is -0.381 e. The first-order chi connectivity index (χ1) is 4.45. The smallest absolute Gasteiger partial charge is 0.0506 e. The Morgan fingerprint density at radius 1 is 1.11 bits per heavy atom. The van der Waals surface area contributed by atoms with Crippen LogP contribution in [0.5, 0.6) is 0 Å². The second kappa shape index (κ2) is 2.27. The molecule has 0 amide bonds. The van der Waals surface area contributed by atoms with Gasteiger partial charge in [0.15, 0.2) is 0 Å². The first-order valence-corrected chi connectivity index (χ1v) is 3.73. The number of piperidine rings is 1. The predicted octanol–water partition coefficient (Wildman–Crippen LogP) is 0.242. The lowest BCUT2D eigenvalue weighted by Crippen LogP contribution is -2.43. The van der Waals surface area contributed by atoms with E-state index in [9.17, 15) is 0 Å². The van der Waals surface area contributed by atoms with E-state index in [0.29, 0.717) is 0 Å². The highest BCUT2D eigenvalue weighted by molar-refractivity contribution is 4.78. The number of rotatable bonds is 0. The summed E-state index contributed by atoms with van der Waals surface area (Å²) < 4.78 is 5.40. The number of fused-ring (bicyclic) bond motifs is 2. The Morgan fingerprint density at radius 3 is 2.33 bits per heavy atom. The molecule has 0 aromatic carbocycles. The summed E-state index contributed by atoms with van der Waals surface area (Å²) in [4.78, 5) is 0. The average molecular weight is 127 g/mol. The van der Waals surface area contributed by atoms with Crippen molar-refractivity contribution in [1.82, 2.24) is 5.32 Å². The van der Waals surface area contributed by atoms with Crippen LogP contribution in [0, 0.1) is 11.8 Å². The monoisotopic (exact) mass is 127 g/mol. The van der Waals surface area contributed by atoms with Crippen LogP contribution in [-0.4, -0.2) is 26.3 Å². The van der Waals surface area contributed by atoms with Gasteiger partial charge in [0.25, 0.3) is 0 Å². The van der Waals surface area contributed by atoms with E-state index in [2.05, 4.69) is 5.32 Å². The fourth-order valence-corrected chi connectivity index (χ4v) is 1.78. The maximum Gasteiger partial charge on any atom is 0.0506 e. The topological polar surface area (TPSA) is 21.3 Å². The van der Waals surface area contributed by atoms with Crippen molar-refractivity contribution < 1.29 is 4.74 Å². The van der Waals surface area contributed by atoms with Crippen molar-refractivity contribution in [1.29, 1.82) is 0 Å². The van der Waals surface area contributed by atoms with Crippen LogP contribution >= 0.6 is 0 Å². The zero-order chi connectivity index (χ0) is 6.10. The Morgan fingerprint density at radius 2 is 1.78 bits per heavy atom. The van der Waals surface area contributed by atoms with E-state index in [-0.39, 0.29) is 0 Å². The second-order valence-electron chi connectivity index (χ2n) is 3.16. The third-order valence-electron chi connectivity index (χ3n) is 2.24. The fraction of sp³-hybridized carbons (Fsp3) is 1.00. The maximum atomic E-state index is 5.40. The molecule has 0 unspecified atom stereocenters. The van der Waals surface area contributed by atoms with Crippen LogP contribution in [0.25, 0.3) is 0 Å². The molecule has 9 heavy (non-hydrogen) atoms. The number of hydrogen-bond donors (Lipinski definition) is 1. The van der Waals surface area contributed by atoms with Gasteiger partial charge in [-0.1, -0.05) is 0 Å². The molecule has 52 valence electrons. The third-order valence-corrected chi connectivity index (χ3v) is 2.24. The van der Waals surface area contributed by atoms with E-state index < -0.39 is 0 Å². The second-order valence-corrected chi connectivity index (χ2v) is 3.16. The van der Waals surface area contributed by atoms with Crippen molar-refractivity contribution in [2.24, 2.45) is 11.8 Å². The average Bonchev–Trinajstić information content (AvgIpc) is 1.88. The van der Waals surface area contributed by atoms with Crippen LogP contribution < -0.4 is 5.32 Å². The molecule has 0 spiro atoms. The van der Waals surface area contributed by atoms with E-state index in [1.807, 2.05) is 0 Å². The normalized spacial score (nSPS) is 42.7. The van der Waals surface area contributed by atoms with Crippen molar-refractivity contribution in [2.45, 2.75) is 6.42 Å². The first kappa shape index (κ1) is 5.69. The van der Waals surface area contributed by atoms with Crippen molar-refractivity contribution in [2.75, 3.05) is 26.3 Å².